The molecule has 0 aliphatic rings. The molecule has 0 saturated carbocycles. The van der Waals surface area contributed by atoms with E-state index in [1.165, 1.54) is 6.07 Å². The van der Waals surface area contributed by atoms with Crippen LogP contribution in [0.4, 0.5) is 17.5 Å². The lowest BCUT2D eigenvalue weighted by Crippen LogP contribution is -2.05. The Kier molecular flexibility index (Phi) is 7.98. The first kappa shape index (κ1) is 26.0. The second-order valence-electron chi connectivity index (χ2n) is 7.26. The molecule has 2 aromatic heterocycles. The molecule has 0 fully saturated rings. The monoisotopic (exact) mass is 491 g/mol. The van der Waals surface area contributed by atoms with Gasteiger partial charge in [-0.3, -0.25) is 9.23 Å². The zero-order valence-electron chi connectivity index (χ0n) is 18.4. The highest BCUT2D eigenvalue weighted by molar-refractivity contribution is 7.85. The molecule has 10 nitrogen and oxygen atoms in total. The van der Waals surface area contributed by atoms with Crippen molar-refractivity contribution in [2.24, 2.45) is 7.05 Å². The molecule has 33 heavy (non-hydrogen) atoms. The van der Waals surface area contributed by atoms with Crippen molar-refractivity contribution < 1.29 is 13.0 Å². The maximum Gasteiger partial charge on any atom is 0.294 e. The largest absolute Gasteiger partial charge is 0.366 e. The Morgan fingerprint density at radius 1 is 1.09 bits per heavy atom. The normalized spacial score (nSPS) is 10.9. The molecule has 4 aromatic rings. The number of hydrogen-bond donors (Lipinski definition) is 4. The zero-order valence-corrected chi connectivity index (χ0v) is 20.0. The highest BCUT2D eigenvalue weighted by Crippen LogP contribution is 2.23. The SMILES string of the molecule is Cc1ccc(Nc2nccc(NCc3ccc4c(C)n(C)nc4c3)n2)cc1S(=O)(=O)O.Cl.N. The van der Waals surface area contributed by atoms with Crippen LogP contribution in [0.5, 0.6) is 0 Å². The van der Waals surface area contributed by atoms with Crippen LogP contribution in [-0.2, 0) is 23.7 Å². The van der Waals surface area contributed by atoms with Gasteiger partial charge in [-0.1, -0.05) is 18.2 Å². The van der Waals surface area contributed by atoms with Crippen LogP contribution in [0.3, 0.4) is 0 Å². The fourth-order valence-electron chi connectivity index (χ4n) is 3.28. The van der Waals surface area contributed by atoms with Crippen molar-refractivity contribution in [2.75, 3.05) is 10.6 Å². The summed E-state index contributed by atoms with van der Waals surface area (Å²) in [6.45, 7) is 4.20. The second kappa shape index (κ2) is 10.1. The number of anilines is 3. The highest BCUT2D eigenvalue weighted by atomic mass is 35.5. The van der Waals surface area contributed by atoms with E-state index in [1.807, 2.05) is 30.8 Å². The molecule has 0 amide bonds. The van der Waals surface area contributed by atoms with Gasteiger partial charge in [-0.05, 0) is 49.2 Å². The van der Waals surface area contributed by atoms with Crippen LogP contribution in [-0.4, -0.2) is 32.7 Å². The van der Waals surface area contributed by atoms with Gasteiger partial charge in [0.05, 0.1) is 10.4 Å². The van der Waals surface area contributed by atoms with Gasteiger partial charge in [0.15, 0.2) is 0 Å². The Morgan fingerprint density at radius 3 is 2.58 bits per heavy atom. The van der Waals surface area contributed by atoms with Crippen LogP contribution in [0.1, 0.15) is 16.8 Å². The van der Waals surface area contributed by atoms with Gasteiger partial charge in [-0.15, -0.1) is 12.4 Å². The second-order valence-corrected chi connectivity index (χ2v) is 8.65. The molecule has 2 heterocycles. The summed E-state index contributed by atoms with van der Waals surface area (Å²) in [4.78, 5) is 8.42. The first-order valence-corrected chi connectivity index (χ1v) is 11.0. The van der Waals surface area contributed by atoms with Gasteiger partial charge in [-0.25, -0.2) is 4.98 Å². The highest BCUT2D eigenvalue weighted by Gasteiger charge is 2.14. The molecule has 0 aliphatic carbocycles. The maximum absolute atomic E-state index is 11.5. The molecule has 4 rings (SSSR count). The average molecular weight is 492 g/mol. The van der Waals surface area contributed by atoms with E-state index < -0.39 is 10.1 Å². The van der Waals surface area contributed by atoms with Gasteiger partial charge in [0.25, 0.3) is 10.1 Å². The molecular formula is C21H26ClN7O3S. The topological polar surface area (TPSA) is 157 Å². The van der Waals surface area contributed by atoms with Crippen molar-refractivity contribution in [3.63, 3.8) is 0 Å². The smallest absolute Gasteiger partial charge is 0.294 e. The van der Waals surface area contributed by atoms with Gasteiger partial charge >= 0.3 is 0 Å². The molecule has 6 N–H and O–H groups in total. The van der Waals surface area contributed by atoms with Crippen molar-refractivity contribution in [2.45, 2.75) is 25.3 Å². The lowest BCUT2D eigenvalue weighted by molar-refractivity contribution is 0.482. The molecule has 12 heteroatoms. The minimum Gasteiger partial charge on any atom is -0.366 e. The van der Waals surface area contributed by atoms with E-state index in [-0.39, 0.29) is 23.5 Å². The van der Waals surface area contributed by atoms with Crippen molar-refractivity contribution >= 4 is 50.9 Å². The number of rotatable bonds is 6. The molecule has 0 bridgehead atoms. The van der Waals surface area contributed by atoms with Crippen LogP contribution in [0.15, 0.2) is 53.6 Å². The predicted molar refractivity (Wildman–Crippen MR) is 131 cm³/mol. The summed E-state index contributed by atoms with van der Waals surface area (Å²) < 4.78 is 34.3. The third-order valence-electron chi connectivity index (χ3n) is 5.05. The van der Waals surface area contributed by atoms with E-state index in [4.69, 9.17) is 0 Å². The Hall–Kier alpha value is -3.25. The van der Waals surface area contributed by atoms with E-state index in [0.717, 1.165) is 22.2 Å². The van der Waals surface area contributed by atoms with Gasteiger partial charge in [-0.2, -0.15) is 18.5 Å². The number of benzene rings is 2. The van der Waals surface area contributed by atoms with Crippen molar-refractivity contribution in [1.29, 1.82) is 0 Å². The Balaban J connectivity index is 0.00000193. The van der Waals surface area contributed by atoms with Gasteiger partial charge < -0.3 is 16.8 Å². The fraction of sp³-hybridized carbons (Fsp3) is 0.190. The minimum absolute atomic E-state index is 0. The Labute approximate surface area is 198 Å². The standard InChI is InChI=1S/C21H22N6O3S.ClH.H3N/c1-13-4-6-16(11-19(13)31(28,29)30)24-21-22-9-8-20(25-21)23-12-15-5-7-17-14(2)27(3)26-18(17)10-15;;/h4-11H,12H2,1-3H3,(H,28,29,30)(H2,22,23,24,25);1H;1H3. The number of nitrogens with one attached hydrogen (secondary N) is 2. The number of fused-ring (bicyclic) bond motifs is 1. The van der Waals surface area contributed by atoms with Crippen LogP contribution >= 0.6 is 12.4 Å². The lowest BCUT2D eigenvalue weighted by atomic mass is 10.1. The van der Waals surface area contributed by atoms with Crippen molar-refractivity contribution in [3.05, 3.63) is 65.5 Å². The summed E-state index contributed by atoms with van der Waals surface area (Å²) >= 11 is 0. The van der Waals surface area contributed by atoms with Gasteiger partial charge in [0, 0.05) is 36.6 Å². The molecule has 0 atom stereocenters. The van der Waals surface area contributed by atoms with E-state index in [2.05, 4.69) is 31.8 Å². The molecular weight excluding hydrogens is 466 g/mol. The van der Waals surface area contributed by atoms with Crippen LogP contribution < -0.4 is 16.8 Å². The van der Waals surface area contributed by atoms with Crippen molar-refractivity contribution in [1.82, 2.24) is 25.9 Å². The summed E-state index contributed by atoms with van der Waals surface area (Å²) in [5, 5.41) is 11.9. The van der Waals surface area contributed by atoms with E-state index >= 15 is 0 Å². The van der Waals surface area contributed by atoms with E-state index in [9.17, 15) is 13.0 Å². The molecule has 0 unspecified atom stereocenters. The fourth-order valence-corrected chi connectivity index (χ4v) is 4.03. The number of aryl methyl sites for hydroxylation is 3. The third kappa shape index (κ3) is 5.76. The quantitative estimate of drug-likeness (QED) is 0.290. The number of hydrogen-bond acceptors (Lipinski definition) is 8. The van der Waals surface area contributed by atoms with E-state index in [0.29, 0.717) is 29.6 Å². The average Bonchev–Trinajstić information content (AvgIpc) is 3.00. The lowest BCUT2D eigenvalue weighted by Gasteiger charge is -2.10. The number of nitrogens with zero attached hydrogens (tertiary/aromatic N) is 4. The van der Waals surface area contributed by atoms with E-state index in [1.54, 1.807) is 31.3 Å². The van der Waals surface area contributed by atoms with Gasteiger partial charge in [0.2, 0.25) is 5.95 Å². The summed E-state index contributed by atoms with van der Waals surface area (Å²) in [6, 6.07) is 12.5. The molecule has 0 aliphatic heterocycles. The first-order chi connectivity index (χ1) is 14.7. The number of aromatic nitrogens is 4. The predicted octanol–water partition coefficient (Wildman–Crippen LogP) is 4.17. The summed E-state index contributed by atoms with van der Waals surface area (Å²) in [6.07, 6.45) is 1.60. The molecule has 2 aromatic carbocycles. The summed E-state index contributed by atoms with van der Waals surface area (Å²) in [5.74, 6) is 0.905. The zero-order chi connectivity index (χ0) is 22.2. The van der Waals surface area contributed by atoms with Crippen LogP contribution in [0, 0.1) is 13.8 Å². The molecule has 0 saturated heterocycles. The van der Waals surface area contributed by atoms with Crippen molar-refractivity contribution in [3.8, 4) is 0 Å². The van der Waals surface area contributed by atoms with Crippen LogP contribution in [0.25, 0.3) is 10.9 Å². The van der Waals surface area contributed by atoms with Gasteiger partial charge in [0.1, 0.15) is 5.82 Å². The molecule has 0 radical (unpaired) electrons. The first-order valence-electron chi connectivity index (χ1n) is 9.55. The minimum atomic E-state index is -4.31. The third-order valence-corrected chi connectivity index (χ3v) is 6.04. The molecule has 0 spiro atoms. The molecule has 176 valence electrons. The number of halogens is 1. The Bertz CT molecular complexity index is 1390. The van der Waals surface area contributed by atoms with Crippen LogP contribution in [0.2, 0.25) is 0 Å². The summed E-state index contributed by atoms with van der Waals surface area (Å²) in [7, 11) is -2.39. The maximum atomic E-state index is 11.5. The summed E-state index contributed by atoms with van der Waals surface area (Å²) in [5.41, 5.74) is 4.03. The Morgan fingerprint density at radius 2 is 1.85 bits per heavy atom.